The smallest absolute Gasteiger partial charge is 0.138 e. The number of nitrogens with one attached hydrogen (secondary N) is 1. The number of nitrogens with zero attached hydrogens (tertiary/aromatic N) is 2. The summed E-state index contributed by atoms with van der Waals surface area (Å²) in [6.07, 6.45) is 15.9. The summed E-state index contributed by atoms with van der Waals surface area (Å²) in [5.74, 6) is 0.579. The first kappa shape index (κ1) is 31.2. The van der Waals surface area contributed by atoms with Crippen LogP contribution in [0.15, 0.2) is 91.1 Å². The highest BCUT2D eigenvalue weighted by molar-refractivity contribution is 6.07. The van der Waals surface area contributed by atoms with Crippen molar-refractivity contribution in [2.45, 2.75) is 59.0 Å². The highest BCUT2D eigenvalue weighted by Gasteiger charge is 2.12. The minimum absolute atomic E-state index is 0.130. The van der Waals surface area contributed by atoms with Gasteiger partial charge in [0, 0.05) is 35.5 Å². The number of hydrogen-bond acceptors (Lipinski definition) is 3. The molecule has 0 spiro atoms. The van der Waals surface area contributed by atoms with Gasteiger partial charge in [0.05, 0.1) is 0 Å². The van der Waals surface area contributed by atoms with Crippen LogP contribution in [0.1, 0.15) is 64.0 Å². The Morgan fingerprint density at radius 2 is 1.68 bits per heavy atom. The SMILES string of the molecule is CCCCCC=Cc1cnc2[nH]c3ccc(-c4ccc(OC(C=Cc5cccc(F)c5)CCN(CC)CC)cc4)cc3c2c1. The van der Waals surface area contributed by atoms with E-state index in [-0.39, 0.29) is 11.9 Å². The predicted molar refractivity (Wildman–Crippen MR) is 184 cm³/mol. The molecule has 0 amide bonds. The van der Waals surface area contributed by atoms with E-state index in [4.69, 9.17) is 9.72 Å². The van der Waals surface area contributed by atoms with Gasteiger partial charge in [0.15, 0.2) is 0 Å². The van der Waals surface area contributed by atoms with Gasteiger partial charge in [-0.3, -0.25) is 0 Å². The second-order valence-corrected chi connectivity index (χ2v) is 11.4. The minimum Gasteiger partial charge on any atom is -0.486 e. The van der Waals surface area contributed by atoms with E-state index in [1.54, 1.807) is 12.1 Å². The Kier molecular flexibility index (Phi) is 11.0. The number of unbranched alkanes of at least 4 members (excludes halogenated alkanes) is 3. The average molecular weight is 590 g/mol. The molecular weight excluding hydrogens is 545 g/mol. The molecule has 0 aliphatic heterocycles. The van der Waals surface area contributed by atoms with Gasteiger partial charge in [-0.2, -0.15) is 0 Å². The Morgan fingerprint density at radius 3 is 2.45 bits per heavy atom. The first-order valence-electron chi connectivity index (χ1n) is 16.1. The maximum Gasteiger partial charge on any atom is 0.138 e. The third-order valence-corrected chi connectivity index (χ3v) is 8.21. The molecule has 228 valence electrons. The van der Waals surface area contributed by atoms with Gasteiger partial charge in [-0.25, -0.2) is 9.37 Å². The van der Waals surface area contributed by atoms with Crippen molar-refractivity contribution in [1.82, 2.24) is 14.9 Å². The molecule has 2 aromatic heterocycles. The molecule has 1 N–H and O–H groups in total. The Labute approximate surface area is 261 Å². The predicted octanol–water partition coefficient (Wildman–Crippen LogP) is 10.3. The number of hydrogen-bond donors (Lipinski definition) is 1. The van der Waals surface area contributed by atoms with E-state index in [2.05, 4.69) is 79.2 Å². The molecule has 1 atom stereocenters. The van der Waals surface area contributed by atoms with Crippen LogP contribution >= 0.6 is 0 Å². The molecule has 5 aromatic rings. The van der Waals surface area contributed by atoms with E-state index in [0.717, 1.165) is 77.0 Å². The topological polar surface area (TPSA) is 41.1 Å². The van der Waals surface area contributed by atoms with E-state index in [9.17, 15) is 4.39 Å². The van der Waals surface area contributed by atoms with Gasteiger partial charge in [-0.1, -0.05) is 82.2 Å². The average Bonchev–Trinajstić information content (AvgIpc) is 3.41. The summed E-state index contributed by atoms with van der Waals surface area (Å²) < 4.78 is 20.2. The molecule has 0 saturated heterocycles. The molecule has 3 aromatic carbocycles. The van der Waals surface area contributed by atoms with E-state index in [0.29, 0.717) is 0 Å². The van der Waals surface area contributed by atoms with Gasteiger partial charge in [-0.15, -0.1) is 0 Å². The van der Waals surface area contributed by atoms with Gasteiger partial charge in [0.1, 0.15) is 23.3 Å². The van der Waals surface area contributed by atoms with Crippen molar-refractivity contribution in [3.63, 3.8) is 0 Å². The van der Waals surface area contributed by atoms with Crippen molar-refractivity contribution in [3.05, 3.63) is 108 Å². The van der Waals surface area contributed by atoms with Crippen molar-refractivity contribution in [3.8, 4) is 16.9 Å². The molecule has 0 saturated carbocycles. The van der Waals surface area contributed by atoms with Crippen LogP contribution in [0.2, 0.25) is 0 Å². The lowest BCUT2D eigenvalue weighted by Gasteiger charge is -2.22. The molecule has 0 aliphatic rings. The van der Waals surface area contributed by atoms with Gasteiger partial charge in [0.25, 0.3) is 0 Å². The second-order valence-electron chi connectivity index (χ2n) is 11.4. The number of rotatable bonds is 15. The number of allylic oxidation sites excluding steroid dienone is 1. The van der Waals surface area contributed by atoms with Crippen molar-refractivity contribution >= 4 is 34.1 Å². The van der Waals surface area contributed by atoms with Crippen LogP contribution in [-0.2, 0) is 0 Å². The molecule has 5 heteroatoms. The summed E-state index contributed by atoms with van der Waals surface area (Å²) >= 11 is 0. The number of aromatic amines is 1. The lowest BCUT2D eigenvalue weighted by atomic mass is 10.0. The third kappa shape index (κ3) is 8.23. The third-order valence-electron chi connectivity index (χ3n) is 8.21. The van der Waals surface area contributed by atoms with Crippen molar-refractivity contribution in [1.29, 1.82) is 0 Å². The Morgan fingerprint density at radius 1 is 0.864 bits per heavy atom. The summed E-state index contributed by atoms with van der Waals surface area (Å²) in [5, 5.41) is 2.31. The number of ether oxygens (including phenoxy) is 1. The van der Waals surface area contributed by atoms with Crippen molar-refractivity contribution < 1.29 is 9.13 Å². The van der Waals surface area contributed by atoms with Gasteiger partial charge >= 0.3 is 0 Å². The number of H-pyrrole nitrogens is 1. The van der Waals surface area contributed by atoms with Crippen LogP contribution in [0.25, 0.3) is 45.2 Å². The molecule has 0 radical (unpaired) electrons. The molecule has 0 bridgehead atoms. The lowest BCUT2D eigenvalue weighted by Crippen LogP contribution is -2.28. The monoisotopic (exact) mass is 589 g/mol. The lowest BCUT2D eigenvalue weighted by molar-refractivity contribution is 0.203. The van der Waals surface area contributed by atoms with Gasteiger partial charge in [-0.05, 0) is 96.7 Å². The van der Waals surface area contributed by atoms with Crippen molar-refractivity contribution in [2.75, 3.05) is 19.6 Å². The fraction of sp³-hybridized carbons (Fsp3) is 0.308. The highest BCUT2D eigenvalue weighted by atomic mass is 19.1. The molecule has 2 heterocycles. The van der Waals surface area contributed by atoms with E-state index < -0.39 is 0 Å². The maximum atomic E-state index is 13.7. The minimum atomic E-state index is -0.236. The van der Waals surface area contributed by atoms with Gasteiger partial charge < -0.3 is 14.6 Å². The molecule has 44 heavy (non-hydrogen) atoms. The first-order valence-corrected chi connectivity index (χ1v) is 16.1. The van der Waals surface area contributed by atoms with Crippen LogP contribution in [0.3, 0.4) is 0 Å². The number of pyridine rings is 1. The molecule has 1 unspecified atom stereocenters. The number of fused-ring (bicyclic) bond motifs is 3. The molecule has 0 fully saturated rings. The summed E-state index contributed by atoms with van der Waals surface area (Å²) in [4.78, 5) is 10.6. The molecule has 0 aliphatic carbocycles. The van der Waals surface area contributed by atoms with Crippen LogP contribution in [-0.4, -0.2) is 40.6 Å². The first-order chi connectivity index (χ1) is 21.6. The van der Waals surface area contributed by atoms with Crippen LogP contribution in [0.5, 0.6) is 5.75 Å². The highest BCUT2D eigenvalue weighted by Crippen LogP contribution is 2.31. The van der Waals surface area contributed by atoms with Crippen LogP contribution in [0, 0.1) is 5.82 Å². The zero-order valence-corrected chi connectivity index (χ0v) is 26.2. The fourth-order valence-corrected chi connectivity index (χ4v) is 5.57. The van der Waals surface area contributed by atoms with E-state index >= 15 is 0 Å². The number of halogens is 1. The number of benzene rings is 3. The Hall–Kier alpha value is -4.22. The van der Waals surface area contributed by atoms with Crippen molar-refractivity contribution in [2.24, 2.45) is 0 Å². The summed E-state index contributed by atoms with van der Waals surface area (Å²) in [7, 11) is 0. The zero-order valence-electron chi connectivity index (χ0n) is 26.2. The second kappa shape index (κ2) is 15.5. The van der Waals surface area contributed by atoms with Crippen LogP contribution in [0.4, 0.5) is 4.39 Å². The Bertz CT molecular complexity index is 1700. The largest absolute Gasteiger partial charge is 0.486 e. The number of aromatic nitrogens is 2. The maximum absolute atomic E-state index is 13.7. The van der Waals surface area contributed by atoms with Gasteiger partial charge in [0.2, 0.25) is 0 Å². The molecule has 4 nitrogen and oxygen atoms in total. The summed E-state index contributed by atoms with van der Waals surface area (Å²) in [5.41, 5.74) is 6.23. The summed E-state index contributed by atoms with van der Waals surface area (Å²) in [6.45, 7) is 9.52. The summed E-state index contributed by atoms with van der Waals surface area (Å²) in [6, 6.07) is 23.7. The molecular formula is C39H44FN3O. The quantitative estimate of drug-likeness (QED) is 0.124. The van der Waals surface area contributed by atoms with Crippen LogP contribution < -0.4 is 4.74 Å². The standard InChI is InChI=1S/C39H44FN3O/c1-4-7-8-9-10-12-30-26-37-36-27-32(18-22-38(36)42-39(37)41-28-30)31-16-20-34(21-17-31)44-35(23-24-43(5-2)6-3)19-15-29-13-11-14-33(40)25-29/h10-22,25-28,35H,4-9,23-24H2,1-3H3,(H,41,42). The van der Waals surface area contributed by atoms with E-state index in [1.807, 2.05) is 36.5 Å². The Balaban J connectivity index is 1.33. The molecule has 5 rings (SSSR count). The zero-order chi connectivity index (χ0) is 30.7. The normalized spacial score (nSPS) is 12.8. The fourth-order valence-electron chi connectivity index (χ4n) is 5.57. The van der Waals surface area contributed by atoms with E-state index in [1.165, 1.54) is 30.7 Å².